The Balaban J connectivity index is 1.10. The number of hydrogen-bond acceptors (Lipinski definition) is 3. The first-order valence-electron chi connectivity index (χ1n) is 21.3. The first-order valence-corrected chi connectivity index (χ1v) is 21.3. The third-order valence-electron chi connectivity index (χ3n) is 14.0. The summed E-state index contributed by atoms with van der Waals surface area (Å²) in [7, 11) is 0. The SMILES string of the molecule is CC1(C)c2ccccc2-c2ccc(-c3cc(N(c4ccc5c(c4)C(C)(C)c4ccccc4-5)c4ccc5c(c4)oc4ccccc45)cc4c3oc3c5ccccc5ccc43)cc21. The number of anilines is 3. The summed E-state index contributed by atoms with van der Waals surface area (Å²) in [6.45, 7) is 9.41. The summed E-state index contributed by atoms with van der Waals surface area (Å²) in [6.07, 6.45) is 0. The Labute approximate surface area is 354 Å². The van der Waals surface area contributed by atoms with Crippen LogP contribution >= 0.6 is 0 Å². The lowest BCUT2D eigenvalue weighted by Crippen LogP contribution is -2.16. The van der Waals surface area contributed by atoms with Crippen LogP contribution in [0.4, 0.5) is 17.1 Å². The molecule has 0 bridgehead atoms. The Morgan fingerprint density at radius 3 is 1.72 bits per heavy atom. The zero-order chi connectivity index (χ0) is 40.8. The molecule has 0 fully saturated rings. The summed E-state index contributed by atoms with van der Waals surface area (Å²) in [4.78, 5) is 2.42. The fourth-order valence-electron chi connectivity index (χ4n) is 10.9. The summed E-state index contributed by atoms with van der Waals surface area (Å²) in [5.41, 5.74) is 19.2. The topological polar surface area (TPSA) is 29.5 Å². The molecular formula is C58H41NO2. The molecule has 11 aromatic rings. The third-order valence-corrected chi connectivity index (χ3v) is 14.0. The molecule has 2 aromatic heterocycles. The maximum absolute atomic E-state index is 7.11. The predicted molar refractivity (Wildman–Crippen MR) is 254 cm³/mol. The molecule has 2 heterocycles. The van der Waals surface area contributed by atoms with Crippen LogP contribution in [0.25, 0.3) is 88.0 Å². The van der Waals surface area contributed by atoms with E-state index in [4.69, 9.17) is 8.83 Å². The van der Waals surface area contributed by atoms with Crippen molar-refractivity contribution >= 4 is 71.7 Å². The van der Waals surface area contributed by atoms with Gasteiger partial charge in [-0.15, -0.1) is 0 Å². The number of para-hydroxylation sites is 1. The molecular weight excluding hydrogens is 743 g/mol. The summed E-state index contributed by atoms with van der Waals surface area (Å²) in [5.74, 6) is 0. The van der Waals surface area contributed by atoms with E-state index in [2.05, 4.69) is 202 Å². The smallest absolute Gasteiger partial charge is 0.143 e. The maximum Gasteiger partial charge on any atom is 0.143 e. The van der Waals surface area contributed by atoms with Gasteiger partial charge in [-0.05, 0) is 110 Å². The van der Waals surface area contributed by atoms with Gasteiger partial charge in [0.15, 0.2) is 0 Å². The predicted octanol–water partition coefficient (Wildman–Crippen LogP) is 16.4. The Hall–Kier alpha value is -7.36. The highest BCUT2D eigenvalue weighted by Gasteiger charge is 2.37. The van der Waals surface area contributed by atoms with E-state index in [1.165, 1.54) is 44.5 Å². The van der Waals surface area contributed by atoms with Crippen molar-refractivity contribution in [1.29, 1.82) is 0 Å². The number of benzene rings is 9. The Morgan fingerprint density at radius 2 is 0.934 bits per heavy atom. The van der Waals surface area contributed by atoms with Crippen LogP contribution in [0.15, 0.2) is 185 Å². The molecule has 9 aromatic carbocycles. The summed E-state index contributed by atoms with van der Waals surface area (Å²) in [5, 5.41) is 6.69. The van der Waals surface area contributed by atoms with Crippen molar-refractivity contribution in [1.82, 2.24) is 0 Å². The van der Waals surface area contributed by atoms with Gasteiger partial charge in [0, 0.05) is 66.5 Å². The molecule has 0 unspecified atom stereocenters. The monoisotopic (exact) mass is 783 g/mol. The highest BCUT2D eigenvalue weighted by molar-refractivity contribution is 6.18. The summed E-state index contributed by atoms with van der Waals surface area (Å²) < 4.78 is 13.7. The summed E-state index contributed by atoms with van der Waals surface area (Å²) >= 11 is 0. The van der Waals surface area contributed by atoms with Crippen LogP contribution in [-0.2, 0) is 10.8 Å². The van der Waals surface area contributed by atoms with E-state index < -0.39 is 0 Å². The maximum atomic E-state index is 7.11. The molecule has 290 valence electrons. The van der Waals surface area contributed by atoms with Gasteiger partial charge in [-0.25, -0.2) is 0 Å². The van der Waals surface area contributed by atoms with Crippen molar-refractivity contribution in [2.45, 2.75) is 38.5 Å². The van der Waals surface area contributed by atoms with E-state index in [0.717, 1.165) is 82.8 Å². The van der Waals surface area contributed by atoms with Crippen LogP contribution in [0.1, 0.15) is 49.9 Å². The van der Waals surface area contributed by atoms with Crippen molar-refractivity contribution in [3.8, 4) is 33.4 Å². The molecule has 13 rings (SSSR count). The average Bonchev–Trinajstić information content (AvgIpc) is 3.99. The molecule has 3 heteroatoms. The molecule has 0 atom stereocenters. The lowest BCUT2D eigenvalue weighted by Gasteiger charge is -2.28. The van der Waals surface area contributed by atoms with E-state index in [0.29, 0.717) is 0 Å². The van der Waals surface area contributed by atoms with E-state index in [1.807, 2.05) is 6.07 Å². The molecule has 2 aliphatic carbocycles. The molecule has 3 nitrogen and oxygen atoms in total. The van der Waals surface area contributed by atoms with Gasteiger partial charge in [-0.2, -0.15) is 0 Å². The highest BCUT2D eigenvalue weighted by Crippen LogP contribution is 2.53. The molecule has 0 radical (unpaired) electrons. The van der Waals surface area contributed by atoms with Crippen LogP contribution < -0.4 is 4.90 Å². The minimum Gasteiger partial charge on any atom is -0.456 e. The highest BCUT2D eigenvalue weighted by atomic mass is 16.3. The number of rotatable bonds is 4. The van der Waals surface area contributed by atoms with Crippen LogP contribution in [0, 0.1) is 0 Å². The average molecular weight is 784 g/mol. The first kappa shape index (κ1) is 34.5. The fraction of sp³-hybridized carbons (Fsp3) is 0.103. The third kappa shape index (κ3) is 4.75. The Kier molecular flexibility index (Phi) is 6.85. The van der Waals surface area contributed by atoms with Gasteiger partial charge < -0.3 is 13.7 Å². The number of furan rings is 2. The summed E-state index contributed by atoms with van der Waals surface area (Å²) in [6, 6.07) is 64.5. The molecule has 2 aliphatic rings. The van der Waals surface area contributed by atoms with Gasteiger partial charge in [0.2, 0.25) is 0 Å². The van der Waals surface area contributed by atoms with Gasteiger partial charge in [0.1, 0.15) is 22.3 Å². The normalized spacial score (nSPS) is 14.5. The molecule has 0 amide bonds. The number of nitrogens with zero attached hydrogens (tertiary/aromatic N) is 1. The van der Waals surface area contributed by atoms with Crippen molar-refractivity contribution in [3.05, 3.63) is 198 Å². The van der Waals surface area contributed by atoms with Gasteiger partial charge in [0.05, 0.1) is 0 Å². The van der Waals surface area contributed by atoms with Crippen molar-refractivity contribution in [2.24, 2.45) is 0 Å². The first-order chi connectivity index (χ1) is 29.7. The Morgan fingerprint density at radius 1 is 0.344 bits per heavy atom. The van der Waals surface area contributed by atoms with Crippen molar-refractivity contribution in [3.63, 3.8) is 0 Å². The lowest BCUT2D eigenvalue weighted by atomic mass is 9.81. The molecule has 61 heavy (non-hydrogen) atoms. The van der Waals surface area contributed by atoms with E-state index in [9.17, 15) is 0 Å². The quantitative estimate of drug-likeness (QED) is 0.178. The minimum absolute atomic E-state index is 0.147. The largest absolute Gasteiger partial charge is 0.456 e. The second-order valence-corrected chi connectivity index (χ2v) is 18.1. The van der Waals surface area contributed by atoms with Crippen LogP contribution in [-0.4, -0.2) is 0 Å². The molecule has 0 saturated heterocycles. The molecule has 0 N–H and O–H groups in total. The molecule has 0 spiro atoms. The minimum atomic E-state index is -0.165. The van der Waals surface area contributed by atoms with Crippen LogP contribution in [0.3, 0.4) is 0 Å². The van der Waals surface area contributed by atoms with E-state index in [1.54, 1.807) is 0 Å². The second-order valence-electron chi connectivity index (χ2n) is 18.1. The Bertz CT molecular complexity index is 3670. The fourth-order valence-corrected chi connectivity index (χ4v) is 10.9. The molecule has 0 saturated carbocycles. The van der Waals surface area contributed by atoms with Crippen molar-refractivity contribution in [2.75, 3.05) is 4.90 Å². The zero-order valence-electron chi connectivity index (χ0n) is 34.5. The van der Waals surface area contributed by atoms with Gasteiger partial charge in [-0.3, -0.25) is 0 Å². The van der Waals surface area contributed by atoms with E-state index in [-0.39, 0.29) is 10.8 Å². The van der Waals surface area contributed by atoms with Crippen molar-refractivity contribution < 1.29 is 8.83 Å². The standard InChI is InChI=1S/C58H41NO2/c1-57(2)49-18-10-7-15-40(49)42-25-22-35(29-51(42)57)47-30-38(31-48-46-26-21-34-13-5-6-14-39(34)55(46)61-56(47)48)59(37-24-28-45-44-17-9-12-20-53(44)60-54(45)33-37)36-23-27-43-41-16-8-11-19-50(41)58(3,4)52(43)32-36/h5-33H,1-4H3. The van der Waals surface area contributed by atoms with E-state index >= 15 is 0 Å². The van der Waals surface area contributed by atoms with Gasteiger partial charge >= 0.3 is 0 Å². The van der Waals surface area contributed by atoms with Crippen LogP contribution in [0.5, 0.6) is 0 Å². The number of fused-ring (bicyclic) bond motifs is 14. The van der Waals surface area contributed by atoms with Gasteiger partial charge in [-0.1, -0.05) is 143 Å². The molecule has 0 aliphatic heterocycles. The van der Waals surface area contributed by atoms with Crippen LogP contribution in [0.2, 0.25) is 0 Å². The second kappa shape index (κ2) is 12.1. The number of hydrogen-bond donors (Lipinski definition) is 0. The lowest BCUT2D eigenvalue weighted by molar-refractivity contribution is 0.660. The van der Waals surface area contributed by atoms with Gasteiger partial charge in [0.25, 0.3) is 0 Å². The zero-order valence-corrected chi connectivity index (χ0v) is 34.5.